The van der Waals surface area contributed by atoms with Gasteiger partial charge in [-0.2, -0.15) is 0 Å². The number of aromatic hydroxyl groups is 1. The number of carbonyl (C=O) groups is 2. The summed E-state index contributed by atoms with van der Waals surface area (Å²) in [5, 5.41) is 20.2. The molecule has 0 bridgehead atoms. The molecule has 0 radical (unpaired) electrons. The smallest absolute Gasteiger partial charge is 0.294 e. The number of benzene rings is 2. The van der Waals surface area contributed by atoms with Crippen molar-refractivity contribution in [3.63, 3.8) is 0 Å². The van der Waals surface area contributed by atoms with E-state index in [2.05, 4.69) is 0 Å². The summed E-state index contributed by atoms with van der Waals surface area (Å²) in [7, 11) is 0. The van der Waals surface area contributed by atoms with Crippen molar-refractivity contribution < 1.29 is 24.2 Å². The number of hydrogen-bond donors (Lipinski definition) is 2. The first-order valence-corrected chi connectivity index (χ1v) is 8.68. The van der Waals surface area contributed by atoms with Crippen LogP contribution in [0.25, 0.3) is 0 Å². The minimum Gasteiger partial charge on any atom is -0.508 e. The zero-order valence-corrected chi connectivity index (χ0v) is 15.0. The van der Waals surface area contributed by atoms with Crippen molar-refractivity contribution in [3.8, 4) is 5.75 Å². The molecule has 1 unspecified atom stereocenters. The van der Waals surface area contributed by atoms with Crippen LogP contribution in [0.2, 0.25) is 0 Å². The Bertz CT molecular complexity index is 1060. The minimum atomic E-state index is -0.853. The van der Waals surface area contributed by atoms with Gasteiger partial charge in [0.2, 0.25) is 5.78 Å². The summed E-state index contributed by atoms with van der Waals surface area (Å²) in [4.78, 5) is 27.3. The van der Waals surface area contributed by atoms with Crippen molar-refractivity contribution >= 4 is 17.4 Å². The van der Waals surface area contributed by atoms with Gasteiger partial charge in [-0.05, 0) is 48.9 Å². The highest BCUT2D eigenvalue weighted by molar-refractivity contribution is 6.20. The van der Waals surface area contributed by atoms with Gasteiger partial charge in [-0.25, -0.2) is 0 Å². The van der Waals surface area contributed by atoms with Crippen molar-refractivity contribution in [2.75, 3.05) is 4.90 Å². The number of rotatable bonds is 4. The Morgan fingerprint density at radius 1 is 1.00 bits per heavy atom. The third-order valence-corrected chi connectivity index (χ3v) is 4.72. The Hall–Kier alpha value is -3.80. The summed E-state index contributed by atoms with van der Waals surface area (Å²) in [6, 6.07) is 15.6. The maximum atomic E-state index is 13.0. The number of carbonyl (C=O) groups excluding carboxylic acids is 2. The second-order valence-corrected chi connectivity index (χ2v) is 6.57. The Morgan fingerprint density at radius 2 is 1.68 bits per heavy atom. The molecule has 6 nitrogen and oxygen atoms in total. The molecule has 1 amide bonds. The number of nitrogens with zero attached hydrogens (tertiary/aromatic N) is 1. The summed E-state index contributed by atoms with van der Waals surface area (Å²) in [5.74, 6) is -1.76. The normalized spacial score (nSPS) is 16.7. The van der Waals surface area contributed by atoms with Gasteiger partial charge in [0, 0.05) is 5.69 Å². The summed E-state index contributed by atoms with van der Waals surface area (Å²) < 4.78 is 5.19. The van der Waals surface area contributed by atoms with Gasteiger partial charge in [-0.1, -0.05) is 29.8 Å². The summed E-state index contributed by atoms with van der Waals surface area (Å²) >= 11 is 0. The van der Waals surface area contributed by atoms with Crippen LogP contribution in [-0.2, 0) is 4.79 Å². The van der Waals surface area contributed by atoms with Gasteiger partial charge in [0.15, 0.2) is 11.5 Å². The van der Waals surface area contributed by atoms with Gasteiger partial charge >= 0.3 is 0 Å². The first-order valence-electron chi connectivity index (χ1n) is 8.68. The lowest BCUT2D eigenvalue weighted by atomic mass is 9.94. The molecule has 0 fully saturated rings. The van der Waals surface area contributed by atoms with E-state index in [0.29, 0.717) is 11.3 Å². The number of phenols is 1. The number of hydrogen-bond acceptors (Lipinski definition) is 5. The molecule has 1 aromatic heterocycles. The molecule has 28 heavy (non-hydrogen) atoms. The molecule has 2 aromatic carbocycles. The van der Waals surface area contributed by atoms with E-state index in [0.717, 1.165) is 5.56 Å². The number of aliphatic hydroxyl groups is 1. The molecule has 2 N–H and O–H groups in total. The molecule has 6 heteroatoms. The number of aliphatic hydroxyl groups excluding tert-OH is 1. The first kappa shape index (κ1) is 17.6. The van der Waals surface area contributed by atoms with E-state index < -0.39 is 23.5 Å². The number of ketones is 1. The van der Waals surface area contributed by atoms with E-state index in [1.165, 1.54) is 29.4 Å². The highest BCUT2D eigenvalue weighted by Crippen LogP contribution is 2.42. The molecule has 0 spiro atoms. The van der Waals surface area contributed by atoms with Crippen LogP contribution < -0.4 is 4.90 Å². The molecule has 0 saturated heterocycles. The maximum absolute atomic E-state index is 13.0. The molecule has 1 aliphatic heterocycles. The number of phenolic OH excluding ortho intramolecular Hbond substituents is 1. The average molecular weight is 375 g/mol. The Morgan fingerprint density at radius 3 is 2.29 bits per heavy atom. The molecular weight excluding hydrogens is 358 g/mol. The summed E-state index contributed by atoms with van der Waals surface area (Å²) in [6.07, 6.45) is 1.36. The number of amides is 1. The summed E-state index contributed by atoms with van der Waals surface area (Å²) in [5.41, 5.74) is 2.07. The zero-order chi connectivity index (χ0) is 19.8. The van der Waals surface area contributed by atoms with Gasteiger partial charge in [-0.15, -0.1) is 0 Å². The molecule has 0 aliphatic carbocycles. The lowest BCUT2D eigenvalue weighted by Crippen LogP contribution is -2.31. The highest BCUT2D eigenvalue weighted by atomic mass is 16.3. The van der Waals surface area contributed by atoms with Gasteiger partial charge < -0.3 is 14.6 Å². The number of aryl methyl sites for hydroxylation is 1. The third kappa shape index (κ3) is 2.85. The second-order valence-electron chi connectivity index (χ2n) is 6.57. The Labute approximate surface area is 161 Å². The average Bonchev–Trinajstić information content (AvgIpc) is 3.31. The monoisotopic (exact) mass is 375 g/mol. The van der Waals surface area contributed by atoms with Crippen molar-refractivity contribution in [1.29, 1.82) is 0 Å². The van der Waals surface area contributed by atoms with Gasteiger partial charge in [-0.3, -0.25) is 14.5 Å². The second kappa shape index (κ2) is 6.74. The predicted octanol–water partition coefficient (Wildman–Crippen LogP) is 4.08. The van der Waals surface area contributed by atoms with Crippen LogP contribution in [0.15, 0.2) is 82.7 Å². The third-order valence-electron chi connectivity index (χ3n) is 4.72. The van der Waals surface area contributed by atoms with Crippen molar-refractivity contribution in [2.45, 2.75) is 13.0 Å². The zero-order valence-electron chi connectivity index (χ0n) is 15.0. The van der Waals surface area contributed by atoms with E-state index in [-0.39, 0.29) is 17.1 Å². The van der Waals surface area contributed by atoms with Crippen LogP contribution in [0, 0.1) is 6.92 Å². The number of Topliss-reactive ketones (excluding diaryl/α,β-unsaturated/α-hetero) is 1. The largest absolute Gasteiger partial charge is 0.508 e. The fourth-order valence-corrected chi connectivity index (χ4v) is 3.32. The lowest BCUT2D eigenvalue weighted by Gasteiger charge is -2.27. The Balaban J connectivity index is 1.88. The van der Waals surface area contributed by atoms with Gasteiger partial charge in [0.1, 0.15) is 5.75 Å². The quantitative estimate of drug-likeness (QED) is 0.671. The molecular formula is C22H17NO5. The SMILES string of the molecule is Cc1ccc(N2C(=O)C(O)=C(C(=O)c3ccco3)C2c2ccc(O)cc2)cc1. The van der Waals surface area contributed by atoms with Crippen LogP contribution in [0.3, 0.4) is 0 Å². The van der Waals surface area contributed by atoms with E-state index in [1.807, 2.05) is 19.1 Å². The van der Waals surface area contributed by atoms with Crippen molar-refractivity contribution in [3.05, 3.63) is 95.1 Å². The standard InChI is InChI=1S/C22H17NO5/c1-13-4-8-15(9-5-13)23-19(14-6-10-16(24)11-7-14)18(21(26)22(23)27)20(25)17-3-2-12-28-17/h2-12,19,24,26H,1H3. The maximum Gasteiger partial charge on any atom is 0.294 e. The van der Waals surface area contributed by atoms with Gasteiger partial charge in [0.05, 0.1) is 17.9 Å². The molecule has 1 atom stereocenters. The van der Waals surface area contributed by atoms with Crippen LogP contribution >= 0.6 is 0 Å². The molecule has 1 aliphatic rings. The van der Waals surface area contributed by atoms with E-state index in [4.69, 9.17) is 4.42 Å². The highest BCUT2D eigenvalue weighted by Gasteiger charge is 2.45. The molecule has 3 aromatic rings. The van der Waals surface area contributed by atoms with Crippen LogP contribution in [0.5, 0.6) is 5.75 Å². The van der Waals surface area contributed by atoms with E-state index >= 15 is 0 Å². The van der Waals surface area contributed by atoms with E-state index in [9.17, 15) is 19.8 Å². The Kier molecular flexibility index (Phi) is 4.24. The molecule has 140 valence electrons. The van der Waals surface area contributed by atoms with E-state index in [1.54, 1.807) is 30.3 Å². The molecule has 0 saturated carbocycles. The number of furan rings is 1. The van der Waals surface area contributed by atoms with Crippen LogP contribution in [-0.4, -0.2) is 21.9 Å². The fourth-order valence-electron chi connectivity index (χ4n) is 3.32. The minimum absolute atomic E-state index is 0.0314. The summed E-state index contributed by atoms with van der Waals surface area (Å²) in [6.45, 7) is 1.93. The van der Waals surface area contributed by atoms with Crippen molar-refractivity contribution in [1.82, 2.24) is 0 Å². The number of anilines is 1. The van der Waals surface area contributed by atoms with Crippen molar-refractivity contribution in [2.24, 2.45) is 0 Å². The fraction of sp³-hybridized carbons (Fsp3) is 0.0909. The van der Waals surface area contributed by atoms with Crippen LogP contribution in [0.1, 0.15) is 27.7 Å². The molecule has 2 heterocycles. The topological polar surface area (TPSA) is 91.0 Å². The molecule has 4 rings (SSSR count). The van der Waals surface area contributed by atoms with Crippen LogP contribution in [0.4, 0.5) is 5.69 Å². The van der Waals surface area contributed by atoms with Gasteiger partial charge in [0.25, 0.3) is 5.91 Å². The first-order chi connectivity index (χ1) is 13.5. The predicted molar refractivity (Wildman–Crippen MR) is 102 cm³/mol. The lowest BCUT2D eigenvalue weighted by molar-refractivity contribution is -0.117.